The molecule has 0 saturated carbocycles. The maximum atomic E-state index is 12.2. The Morgan fingerprint density at radius 1 is 1.29 bits per heavy atom. The summed E-state index contributed by atoms with van der Waals surface area (Å²) >= 11 is -0.148. The molecule has 0 amide bonds. The fraction of sp³-hybridized carbons (Fsp3) is 0.538. The Morgan fingerprint density at radius 3 is 2.38 bits per heavy atom. The Labute approximate surface area is 126 Å². The molecule has 8 heteroatoms. The van der Waals surface area contributed by atoms with Gasteiger partial charge >= 0.3 is 5.51 Å². The van der Waals surface area contributed by atoms with E-state index >= 15 is 0 Å². The van der Waals surface area contributed by atoms with Crippen LogP contribution in [0.1, 0.15) is 18.9 Å². The van der Waals surface area contributed by atoms with Crippen molar-refractivity contribution in [2.45, 2.75) is 35.8 Å². The van der Waals surface area contributed by atoms with Crippen molar-refractivity contribution in [3.8, 4) is 0 Å². The number of nitrogens with one attached hydrogen (secondary N) is 1. The minimum absolute atomic E-state index is 0.0992. The highest BCUT2D eigenvalue weighted by Gasteiger charge is 2.37. The third kappa shape index (κ3) is 5.19. The fourth-order valence-corrected chi connectivity index (χ4v) is 4.94. The molecule has 1 aromatic rings. The van der Waals surface area contributed by atoms with Crippen LogP contribution >= 0.6 is 11.8 Å². The van der Waals surface area contributed by atoms with Gasteiger partial charge in [0.25, 0.3) is 0 Å². The van der Waals surface area contributed by atoms with Crippen LogP contribution in [0.2, 0.25) is 0 Å². The van der Waals surface area contributed by atoms with Crippen molar-refractivity contribution in [1.29, 1.82) is 0 Å². The molecule has 3 nitrogen and oxygen atoms in total. The third-order valence-corrected chi connectivity index (χ3v) is 6.02. The average Bonchev–Trinajstić information content (AvgIpc) is 2.61. The zero-order valence-electron chi connectivity index (χ0n) is 11.4. The molecule has 0 bridgehead atoms. The van der Waals surface area contributed by atoms with Gasteiger partial charge in [-0.1, -0.05) is 12.1 Å². The van der Waals surface area contributed by atoms with Crippen LogP contribution in [0, 0.1) is 0 Å². The molecule has 0 radical (unpaired) electrons. The van der Waals surface area contributed by atoms with Gasteiger partial charge in [0.05, 0.1) is 11.5 Å². The summed E-state index contributed by atoms with van der Waals surface area (Å²) in [5, 5.41) is 3.19. The highest BCUT2D eigenvalue weighted by atomic mass is 32.2. The molecule has 1 saturated heterocycles. The van der Waals surface area contributed by atoms with Crippen LogP contribution in [0.15, 0.2) is 29.2 Å². The standard InChI is InChI=1S/C13H16F3NO2S2/c1-12(6-7-21(18,19)9-12)17-8-10-2-4-11(5-3-10)20-13(14,15)16/h2-5,17H,6-9H2,1H3. The average molecular weight is 339 g/mol. The van der Waals surface area contributed by atoms with Crippen LogP contribution in [0.25, 0.3) is 0 Å². The molecule has 1 aliphatic rings. The summed E-state index contributed by atoms with van der Waals surface area (Å²) in [4.78, 5) is 0.140. The number of rotatable bonds is 4. The van der Waals surface area contributed by atoms with Gasteiger partial charge in [0, 0.05) is 17.0 Å². The van der Waals surface area contributed by atoms with Gasteiger partial charge in [0.2, 0.25) is 0 Å². The summed E-state index contributed by atoms with van der Waals surface area (Å²) in [6.45, 7) is 2.29. The predicted octanol–water partition coefficient (Wildman–Crippen LogP) is 2.97. The van der Waals surface area contributed by atoms with E-state index in [-0.39, 0.29) is 28.2 Å². The summed E-state index contributed by atoms with van der Waals surface area (Å²) in [6, 6.07) is 6.08. The zero-order valence-corrected chi connectivity index (χ0v) is 13.0. The van der Waals surface area contributed by atoms with Gasteiger partial charge in [0.15, 0.2) is 9.84 Å². The van der Waals surface area contributed by atoms with Gasteiger partial charge in [-0.15, -0.1) is 0 Å². The molecule has 1 unspecified atom stereocenters. The molecular formula is C13H16F3NO2S2. The molecule has 21 heavy (non-hydrogen) atoms. The molecule has 0 aliphatic carbocycles. The molecule has 2 rings (SSSR count). The minimum Gasteiger partial charge on any atom is -0.306 e. The van der Waals surface area contributed by atoms with E-state index in [9.17, 15) is 21.6 Å². The van der Waals surface area contributed by atoms with Gasteiger partial charge in [-0.3, -0.25) is 0 Å². The highest BCUT2D eigenvalue weighted by Crippen LogP contribution is 2.36. The van der Waals surface area contributed by atoms with Crippen molar-refractivity contribution < 1.29 is 21.6 Å². The molecule has 118 valence electrons. The first kappa shape index (κ1) is 16.6. The molecule has 1 heterocycles. The van der Waals surface area contributed by atoms with Crippen molar-refractivity contribution in [1.82, 2.24) is 5.32 Å². The third-order valence-electron chi connectivity index (χ3n) is 3.38. The van der Waals surface area contributed by atoms with Gasteiger partial charge in [0.1, 0.15) is 0 Å². The SMILES string of the molecule is CC1(NCc2ccc(SC(F)(F)F)cc2)CCS(=O)(=O)C1. The normalized spacial score (nSPS) is 25.1. The van der Waals surface area contributed by atoms with E-state index in [1.54, 1.807) is 12.1 Å². The van der Waals surface area contributed by atoms with E-state index in [1.807, 2.05) is 6.92 Å². The Hall–Kier alpha value is -0.730. The number of hydrogen-bond acceptors (Lipinski definition) is 4. The van der Waals surface area contributed by atoms with Crippen LogP contribution < -0.4 is 5.32 Å². The van der Waals surface area contributed by atoms with E-state index < -0.39 is 20.9 Å². The Balaban J connectivity index is 1.93. The second kappa shape index (κ2) is 5.81. The molecular weight excluding hydrogens is 323 g/mol. The van der Waals surface area contributed by atoms with Crippen molar-refractivity contribution in [3.63, 3.8) is 0 Å². The molecule has 1 aromatic carbocycles. The summed E-state index contributed by atoms with van der Waals surface area (Å²) in [5.74, 6) is 0.277. The monoisotopic (exact) mass is 339 g/mol. The number of halogens is 3. The number of benzene rings is 1. The van der Waals surface area contributed by atoms with Crippen molar-refractivity contribution in [2.24, 2.45) is 0 Å². The van der Waals surface area contributed by atoms with Gasteiger partial charge in [-0.25, -0.2) is 8.42 Å². The largest absolute Gasteiger partial charge is 0.446 e. The smallest absolute Gasteiger partial charge is 0.306 e. The van der Waals surface area contributed by atoms with E-state index in [2.05, 4.69) is 5.32 Å². The quantitative estimate of drug-likeness (QED) is 0.857. The molecule has 1 N–H and O–H groups in total. The summed E-state index contributed by atoms with van der Waals surface area (Å²) in [7, 11) is -2.98. The molecule has 0 spiro atoms. The number of hydrogen-bond donors (Lipinski definition) is 1. The van der Waals surface area contributed by atoms with Crippen molar-refractivity contribution >= 4 is 21.6 Å². The van der Waals surface area contributed by atoms with Crippen molar-refractivity contribution in [3.05, 3.63) is 29.8 Å². The maximum absolute atomic E-state index is 12.2. The lowest BCUT2D eigenvalue weighted by Gasteiger charge is -2.24. The zero-order chi connectivity index (χ0) is 15.7. The molecule has 0 aromatic heterocycles. The van der Waals surface area contributed by atoms with Gasteiger partial charge < -0.3 is 5.32 Å². The van der Waals surface area contributed by atoms with Gasteiger partial charge in [-0.05, 0) is 42.8 Å². The number of thioether (sulfide) groups is 1. The summed E-state index contributed by atoms with van der Waals surface area (Å²) < 4.78 is 59.6. The van der Waals surface area contributed by atoms with E-state index in [1.165, 1.54) is 12.1 Å². The van der Waals surface area contributed by atoms with Crippen LogP contribution in [-0.4, -0.2) is 31.0 Å². The first-order valence-corrected chi connectivity index (χ1v) is 9.01. The topological polar surface area (TPSA) is 46.2 Å². The first-order valence-electron chi connectivity index (χ1n) is 6.37. The van der Waals surface area contributed by atoms with Crippen LogP contribution in [-0.2, 0) is 16.4 Å². The Bertz CT molecular complexity index is 599. The first-order chi connectivity index (χ1) is 9.57. The second-order valence-corrected chi connectivity index (χ2v) is 8.77. The molecule has 1 aliphatic heterocycles. The molecule has 1 atom stereocenters. The lowest BCUT2D eigenvalue weighted by Crippen LogP contribution is -2.42. The number of sulfone groups is 1. The van der Waals surface area contributed by atoms with E-state index in [0.717, 1.165) is 5.56 Å². The van der Waals surface area contributed by atoms with Crippen molar-refractivity contribution in [2.75, 3.05) is 11.5 Å². The van der Waals surface area contributed by atoms with Crippen LogP contribution in [0.4, 0.5) is 13.2 Å². The fourth-order valence-electron chi connectivity index (χ4n) is 2.27. The van der Waals surface area contributed by atoms with Crippen LogP contribution in [0.3, 0.4) is 0 Å². The van der Waals surface area contributed by atoms with Gasteiger partial charge in [-0.2, -0.15) is 13.2 Å². The highest BCUT2D eigenvalue weighted by molar-refractivity contribution is 8.00. The Kier molecular flexibility index (Phi) is 4.60. The minimum atomic E-state index is -4.29. The summed E-state index contributed by atoms with van der Waals surface area (Å²) in [6.07, 6.45) is 0.553. The lowest BCUT2D eigenvalue weighted by atomic mass is 10.0. The predicted molar refractivity (Wildman–Crippen MR) is 76.9 cm³/mol. The van der Waals surface area contributed by atoms with E-state index in [4.69, 9.17) is 0 Å². The number of alkyl halides is 3. The lowest BCUT2D eigenvalue weighted by molar-refractivity contribution is -0.0328. The second-order valence-electron chi connectivity index (χ2n) is 5.45. The Morgan fingerprint density at radius 2 is 1.90 bits per heavy atom. The summed E-state index contributed by atoms with van der Waals surface area (Å²) in [5.41, 5.74) is -3.92. The maximum Gasteiger partial charge on any atom is 0.446 e. The molecule has 1 fully saturated rings. The van der Waals surface area contributed by atoms with Crippen LogP contribution in [0.5, 0.6) is 0 Å². The van der Waals surface area contributed by atoms with E-state index in [0.29, 0.717) is 13.0 Å².